The highest BCUT2D eigenvalue weighted by atomic mass is 31.2. The molecule has 0 saturated heterocycles. The summed E-state index contributed by atoms with van der Waals surface area (Å²) in [5.74, 6) is -0.659. The molecule has 0 rings (SSSR count). The molecule has 0 aromatic rings. The molecule has 0 heterocycles. The van der Waals surface area contributed by atoms with Crippen LogP contribution >= 0.6 is 7.82 Å². The molecule has 0 aliphatic rings. The third-order valence-electron chi connectivity index (χ3n) is 2.49. The third-order valence-corrected chi connectivity index (χ3v) is 2.49. The van der Waals surface area contributed by atoms with Crippen molar-refractivity contribution in [3.8, 4) is 0 Å². The van der Waals surface area contributed by atoms with Gasteiger partial charge in [-0.15, -0.1) is 0 Å². The van der Waals surface area contributed by atoms with E-state index in [2.05, 4.69) is 6.92 Å². The van der Waals surface area contributed by atoms with Crippen molar-refractivity contribution < 1.29 is 29.1 Å². The van der Waals surface area contributed by atoms with Gasteiger partial charge in [0.1, 0.15) is 0 Å². The Morgan fingerprint density at radius 2 is 1.15 bits per heavy atom. The van der Waals surface area contributed by atoms with Crippen molar-refractivity contribution in [2.45, 2.75) is 71.1 Å². The van der Waals surface area contributed by atoms with Gasteiger partial charge in [0.15, 0.2) is 17.4 Å². The van der Waals surface area contributed by atoms with Gasteiger partial charge in [-0.05, 0) is 6.42 Å². The lowest BCUT2D eigenvalue weighted by Gasteiger charge is -2.00. The zero-order chi connectivity index (χ0) is 15.1. The fourth-order valence-electron chi connectivity index (χ4n) is 1.59. The maximum Gasteiger partial charge on any atom is 0.466 e. The van der Waals surface area contributed by atoms with Crippen molar-refractivity contribution in [3.63, 3.8) is 0 Å². The summed E-state index contributed by atoms with van der Waals surface area (Å²) in [6.45, 7) is 2.23. The SMILES string of the molecule is CCCCCCCCCCCC(=O)O.O=P(O)(O)O.[AlH3]. The number of carboxylic acids is 1. The Labute approximate surface area is 132 Å². The number of phosphoric acid groups is 1. The van der Waals surface area contributed by atoms with Crippen LogP contribution in [0.4, 0.5) is 0 Å². The van der Waals surface area contributed by atoms with Gasteiger partial charge < -0.3 is 19.8 Å². The Bertz CT molecular complexity index is 248. The van der Waals surface area contributed by atoms with E-state index in [0.717, 1.165) is 12.8 Å². The van der Waals surface area contributed by atoms with Gasteiger partial charge in [0, 0.05) is 6.42 Å². The van der Waals surface area contributed by atoms with Crippen molar-refractivity contribution in [1.82, 2.24) is 0 Å². The summed E-state index contributed by atoms with van der Waals surface area (Å²) in [5, 5.41) is 8.41. The number of carboxylic acid groups (broad SMARTS) is 1. The highest BCUT2D eigenvalue weighted by molar-refractivity contribution is 7.45. The topological polar surface area (TPSA) is 115 Å². The van der Waals surface area contributed by atoms with E-state index < -0.39 is 13.8 Å². The first-order valence-corrected chi connectivity index (χ1v) is 8.34. The van der Waals surface area contributed by atoms with Crippen LogP contribution in [0, 0.1) is 0 Å². The first-order valence-electron chi connectivity index (χ1n) is 6.77. The molecule has 6 nitrogen and oxygen atoms in total. The molecule has 4 N–H and O–H groups in total. The molecule has 122 valence electrons. The van der Waals surface area contributed by atoms with Crippen LogP contribution in [0.2, 0.25) is 0 Å². The van der Waals surface area contributed by atoms with Crippen LogP contribution in [0.5, 0.6) is 0 Å². The maximum atomic E-state index is 10.2. The largest absolute Gasteiger partial charge is 0.481 e. The van der Waals surface area contributed by atoms with Gasteiger partial charge in [-0.2, -0.15) is 0 Å². The zero-order valence-electron chi connectivity index (χ0n) is 11.6. The van der Waals surface area contributed by atoms with Gasteiger partial charge in [-0.1, -0.05) is 58.3 Å². The lowest BCUT2D eigenvalue weighted by atomic mass is 10.1. The molecular formula is C12H30AlO6P. The Morgan fingerprint density at radius 3 is 1.45 bits per heavy atom. The van der Waals surface area contributed by atoms with Crippen LogP contribution in [0.15, 0.2) is 0 Å². The Morgan fingerprint density at radius 1 is 0.850 bits per heavy atom. The van der Waals surface area contributed by atoms with Crippen LogP contribution in [-0.2, 0) is 9.36 Å². The predicted octanol–water partition coefficient (Wildman–Crippen LogP) is 1.88. The number of hydrogen-bond acceptors (Lipinski definition) is 2. The summed E-state index contributed by atoms with van der Waals surface area (Å²) >= 11 is 0. The van der Waals surface area contributed by atoms with Crippen molar-refractivity contribution in [2.24, 2.45) is 0 Å². The standard InChI is InChI=1S/C12H24O2.Al.H3O4P.3H/c1-2-3-4-5-6-7-8-9-10-11-12(13)14;;1-5(2,3)4;;;/h2-11H2,1H3,(H,13,14);;(H3,1,2,3,4);;;. The normalized spacial score (nSPS) is 10.2. The fraction of sp³-hybridized carbons (Fsp3) is 0.917. The van der Waals surface area contributed by atoms with Crippen LogP contribution in [0.1, 0.15) is 71.1 Å². The summed E-state index contributed by atoms with van der Waals surface area (Å²) in [4.78, 5) is 31.8. The second-order valence-electron chi connectivity index (χ2n) is 4.49. The maximum absolute atomic E-state index is 10.2. The molecule has 0 aromatic carbocycles. The quantitative estimate of drug-likeness (QED) is 0.276. The van der Waals surface area contributed by atoms with E-state index in [-0.39, 0.29) is 17.4 Å². The first-order chi connectivity index (χ1) is 8.77. The monoisotopic (exact) mass is 328 g/mol. The van der Waals surface area contributed by atoms with Crippen LogP contribution in [0.25, 0.3) is 0 Å². The Kier molecular flexibility index (Phi) is 21.5. The average molecular weight is 328 g/mol. The minimum absolute atomic E-state index is 0. The molecule has 20 heavy (non-hydrogen) atoms. The molecule has 0 aromatic heterocycles. The van der Waals surface area contributed by atoms with Gasteiger partial charge in [-0.25, -0.2) is 4.57 Å². The highest BCUT2D eigenvalue weighted by Crippen LogP contribution is 2.25. The molecule has 0 saturated carbocycles. The summed E-state index contributed by atoms with van der Waals surface area (Å²) < 4.78 is 8.88. The number of aliphatic carboxylic acids is 1. The van der Waals surface area contributed by atoms with E-state index in [4.69, 9.17) is 24.4 Å². The number of unbranched alkanes of at least 4 members (excludes halogenated alkanes) is 8. The second-order valence-corrected chi connectivity index (χ2v) is 5.51. The van der Waals surface area contributed by atoms with E-state index in [0.29, 0.717) is 6.42 Å². The first kappa shape index (κ1) is 25.1. The van der Waals surface area contributed by atoms with Gasteiger partial charge in [0.05, 0.1) is 0 Å². The van der Waals surface area contributed by atoms with Gasteiger partial charge in [0.2, 0.25) is 0 Å². The number of hydrogen-bond donors (Lipinski definition) is 4. The zero-order valence-corrected chi connectivity index (χ0v) is 12.5. The smallest absolute Gasteiger partial charge is 0.466 e. The van der Waals surface area contributed by atoms with E-state index >= 15 is 0 Å². The van der Waals surface area contributed by atoms with Gasteiger partial charge in [0.25, 0.3) is 0 Å². The minimum atomic E-state index is -4.64. The molecule has 0 radical (unpaired) electrons. The summed E-state index contributed by atoms with van der Waals surface area (Å²) in [5.41, 5.74) is 0. The van der Waals surface area contributed by atoms with E-state index in [9.17, 15) is 4.79 Å². The van der Waals surface area contributed by atoms with E-state index in [1.807, 2.05) is 0 Å². The molecular weight excluding hydrogens is 298 g/mol. The molecule has 8 heteroatoms. The molecule has 0 spiro atoms. The van der Waals surface area contributed by atoms with Gasteiger partial charge in [-0.3, -0.25) is 4.79 Å². The summed E-state index contributed by atoms with van der Waals surface area (Å²) in [7, 11) is -4.64. The van der Waals surface area contributed by atoms with E-state index in [1.54, 1.807) is 0 Å². The third kappa shape index (κ3) is 43.0. The molecule has 0 fully saturated rings. The highest BCUT2D eigenvalue weighted by Gasteiger charge is 2.00. The molecule has 0 aliphatic carbocycles. The Hall–Kier alpha value is 0.112. The van der Waals surface area contributed by atoms with Crippen molar-refractivity contribution in [1.29, 1.82) is 0 Å². The molecule has 0 atom stereocenters. The number of carbonyl (C=O) groups is 1. The van der Waals surface area contributed by atoms with Gasteiger partial charge >= 0.3 is 13.8 Å². The molecule has 0 amide bonds. The molecule has 0 aliphatic heterocycles. The summed E-state index contributed by atoms with van der Waals surface area (Å²) in [6, 6.07) is 0. The lowest BCUT2D eigenvalue weighted by molar-refractivity contribution is -0.137. The lowest BCUT2D eigenvalue weighted by Crippen LogP contribution is -1.93. The predicted molar refractivity (Wildman–Crippen MR) is 83.7 cm³/mol. The Balaban J connectivity index is -0.000000414. The molecule has 0 bridgehead atoms. The average Bonchev–Trinajstić information content (AvgIpc) is 2.24. The number of rotatable bonds is 10. The van der Waals surface area contributed by atoms with Crippen molar-refractivity contribution in [3.05, 3.63) is 0 Å². The van der Waals surface area contributed by atoms with E-state index in [1.165, 1.54) is 44.9 Å². The fourth-order valence-corrected chi connectivity index (χ4v) is 1.59. The minimum Gasteiger partial charge on any atom is -0.481 e. The van der Waals surface area contributed by atoms with Crippen LogP contribution < -0.4 is 0 Å². The molecule has 0 unspecified atom stereocenters. The van der Waals surface area contributed by atoms with Crippen molar-refractivity contribution in [2.75, 3.05) is 0 Å². The van der Waals surface area contributed by atoms with Crippen LogP contribution in [-0.4, -0.2) is 43.1 Å². The summed E-state index contributed by atoms with van der Waals surface area (Å²) in [6.07, 6.45) is 11.5. The van der Waals surface area contributed by atoms with Crippen molar-refractivity contribution >= 4 is 31.2 Å². The van der Waals surface area contributed by atoms with Crippen LogP contribution in [0.3, 0.4) is 0 Å². The second kappa shape index (κ2) is 17.2.